The van der Waals surface area contributed by atoms with Crippen molar-refractivity contribution in [2.24, 2.45) is 13.0 Å². The molecule has 1 atom stereocenters. The number of rotatable bonds is 3. The van der Waals surface area contributed by atoms with Crippen LogP contribution >= 0.6 is 11.6 Å². The lowest BCUT2D eigenvalue weighted by molar-refractivity contribution is -0.135. The molecule has 34 heavy (non-hydrogen) atoms. The van der Waals surface area contributed by atoms with E-state index in [9.17, 15) is 14.4 Å². The predicted octanol–water partition coefficient (Wildman–Crippen LogP) is 2.75. The molecule has 5 rings (SSSR count). The maximum atomic E-state index is 13.6. The molecule has 2 aromatic rings. The first-order chi connectivity index (χ1) is 16.4. The Labute approximate surface area is 204 Å². The minimum absolute atomic E-state index is 0.0844. The smallest absolute Gasteiger partial charge is 0.274 e. The molecule has 3 aliphatic heterocycles. The summed E-state index contributed by atoms with van der Waals surface area (Å²) in [4.78, 5) is 45.1. The molecule has 0 spiro atoms. The van der Waals surface area contributed by atoms with Crippen molar-refractivity contribution in [2.75, 3.05) is 32.7 Å². The van der Waals surface area contributed by atoms with Gasteiger partial charge in [-0.3, -0.25) is 19.1 Å². The van der Waals surface area contributed by atoms with Gasteiger partial charge in [-0.2, -0.15) is 5.10 Å². The second kappa shape index (κ2) is 9.41. The first-order valence-corrected chi connectivity index (χ1v) is 12.5. The van der Waals surface area contributed by atoms with Crippen LogP contribution in [0.3, 0.4) is 0 Å². The second-order valence-corrected chi connectivity index (χ2v) is 9.94. The summed E-state index contributed by atoms with van der Waals surface area (Å²) >= 11 is 5.97. The SMILES string of the molecule is Cn1nc(C(=O)N2CCCC(C(=O)N3CCCC3)C2)c2c1CCN(C(=O)c1ccc(Cl)cc1)C2. The highest BCUT2D eigenvalue weighted by molar-refractivity contribution is 6.30. The minimum atomic E-state index is -0.142. The van der Waals surface area contributed by atoms with Crippen molar-refractivity contribution in [2.45, 2.75) is 38.6 Å². The molecular weight excluding hydrogens is 454 g/mol. The van der Waals surface area contributed by atoms with Gasteiger partial charge in [0.05, 0.1) is 12.5 Å². The molecule has 1 aromatic heterocycles. The minimum Gasteiger partial charge on any atom is -0.342 e. The molecule has 2 fully saturated rings. The number of fused-ring (bicyclic) bond motifs is 1. The third kappa shape index (κ3) is 4.31. The number of aryl methyl sites for hydroxylation is 1. The van der Waals surface area contributed by atoms with Crippen molar-refractivity contribution in [3.05, 3.63) is 51.8 Å². The van der Waals surface area contributed by atoms with Crippen LogP contribution in [0.1, 0.15) is 57.8 Å². The van der Waals surface area contributed by atoms with E-state index in [-0.39, 0.29) is 23.6 Å². The number of aromatic nitrogens is 2. The molecule has 0 aliphatic carbocycles. The van der Waals surface area contributed by atoms with Gasteiger partial charge in [0, 0.05) is 68.0 Å². The van der Waals surface area contributed by atoms with Gasteiger partial charge in [-0.05, 0) is 49.9 Å². The molecule has 4 heterocycles. The molecule has 0 N–H and O–H groups in total. The molecule has 9 heteroatoms. The van der Waals surface area contributed by atoms with Crippen molar-refractivity contribution < 1.29 is 14.4 Å². The molecule has 8 nitrogen and oxygen atoms in total. The quantitative estimate of drug-likeness (QED) is 0.672. The molecule has 2 saturated heterocycles. The van der Waals surface area contributed by atoms with Crippen LogP contribution in [-0.4, -0.2) is 74.9 Å². The zero-order valence-electron chi connectivity index (χ0n) is 19.5. The van der Waals surface area contributed by atoms with Crippen molar-refractivity contribution in [1.29, 1.82) is 0 Å². The highest BCUT2D eigenvalue weighted by atomic mass is 35.5. The Balaban J connectivity index is 1.33. The fraction of sp³-hybridized carbons (Fsp3) is 0.520. The number of hydrogen-bond acceptors (Lipinski definition) is 4. The molecule has 180 valence electrons. The maximum Gasteiger partial charge on any atom is 0.274 e. The average Bonchev–Trinajstić information content (AvgIpc) is 3.51. The maximum absolute atomic E-state index is 13.6. The van der Waals surface area contributed by atoms with E-state index in [1.807, 2.05) is 11.9 Å². The normalized spacial score (nSPS) is 20.4. The van der Waals surface area contributed by atoms with E-state index in [0.717, 1.165) is 50.0 Å². The van der Waals surface area contributed by atoms with Crippen LogP contribution in [0.15, 0.2) is 24.3 Å². The zero-order chi connectivity index (χ0) is 23.8. The number of halogens is 1. The van der Waals surface area contributed by atoms with Crippen LogP contribution in [0.4, 0.5) is 0 Å². The van der Waals surface area contributed by atoms with E-state index in [2.05, 4.69) is 5.10 Å². The number of piperidine rings is 1. The lowest BCUT2D eigenvalue weighted by atomic mass is 9.95. The Bertz CT molecular complexity index is 1110. The molecule has 0 saturated carbocycles. The fourth-order valence-electron chi connectivity index (χ4n) is 5.42. The first-order valence-electron chi connectivity index (χ1n) is 12.1. The molecule has 0 bridgehead atoms. The fourth-order valence-corrected chi connectivity index (χ4v) is 5.55. The number of likely N-dealkylation sites (tertiary alicyclic amines) is 2. The van der Waals surface area contributed by atoms with E-state index < -0.39 is 0 Å². The number of carbonyl (C=O) groups is 3. The van der Waals surface area contributed by atoms with Crippen LogP contribution in [0.5, 0.6) is 0 Å². The first kappa shape index (κ1) is 22.9. The van der Waals surface area contributed by atoms with Crippen molar-refractivity contribution in [1.82, 2.24) is 24.5 Å². The standard InChI is InChI=1S/C25H30ClN5O3/c1-28-21-10-14-31(23(32)17-6-8-19(26)9-7-17)16-20(21)22(27-28)25(34)30-13-4-5-18(15-30)24(33)29-11-2-3-12-29/h6-9,18H,2-5,10-16H2,1H3. The lowest BCUT2D eigenvalue weighted by Gasteiger charge is -2.34. The van der Waals surface area contributed by atoms with Gasteiger partial charge in [-0.15, -0.1) is 0 Å². The number of hydrogen-bond donors (Lipinski definition) is 0. The van der Waals surface area contributed by atoms with Gasteiger partial charge in [0.2, 0.25) is 5.91 Å². The van der Waals surface area contributed by atoms with Crippen LogP contribution in [0.2, 0.25) is 5.02 Å². The van der Waals surface area contributed by atoms with Crippen LogP contribution < -0.4 is 0 Å². The van der Waals surface area contributed by atoms with Crippen LogP contribution in [0, 0.1) is 5.92 Å². The highest BCUT2D eigenvalue weighted by Crippen LogP contribution is 2.27. The van der Waals surface area contributed by atoms with Gasteiger partial charge in [0.1, 0.15) is 0 Å². The number of carbonyl (C=O) groups excluding carboxylic acids is 3. The predicted molar refractivity (Wildman–Crippen MR) is 128 cm³/mol. The Hall–Kier alpha value is -2.87. The Kier molecular flexibility index (Phi) is 6.34. The number of amides is 3. The summed E-state index contributed by atoms with van der Waals surface area (Å²) in [5.74, 6) is -0.188. The summed E-state index contributed by atoms with van der Waals surface area (Å²) in [6.07, 6.45) is 4.40. The third-order valence-electron chi connectivity index (χ3n) is 7.30. The number of benzene rings is 1. The van der Waals surface area contributed by atoms with E-state index >= 15 is 0 Å². The monoisotopic (exact) mass is 483 g/mol. The summed E-state index contributed by atoms with van der Waals surface area (Å²) in [5, 5.41) is 5.15. The second-order valence-electron chi connectivity index (χ2n) is 9.50. The van der Waals surface area contributed by atoms with Gasteiger partial charge in [-0.1, -0.05) is 11.6 Å². The third-order valence-corrected chi connectivity index (χ3v) is 7.55. The van der Waals surface area contributed by atoms with Crippen molar-refractivity contribution in [3.8, 4) is 0 Å². The summed E-state index contributed by atoms with van der Waals surface area (Å²) in [6, 6.07) is 6.86. The van der Waals surface area contributed by atoms with E-state index in [0.29, 0.717) is 48.9 Å². The largest absolute Gasteiger partial charge is 0.342 e. The van der Waals surface area contributed by atoms with Gasteiger partial charge in [0.25, 0.3) is 11.8 Å². The van der Waals surface area contributed by atoms with E-state index in [1.165, 1.54) is 0 Å². The summed E-state index contributed by atoms with van der Waals surface area (Å²) in [5.41, 5.74) is 2.78. The van der Waals surface area contributed by atoms with Gasteiger partial charge in [-0.25, -0.2) is 0 Å². The molecule has 3 amide bonds. The topological polar surface area (TPSA) is 78.8 Å². The Morgan fingerprint density at radius 3 is 2.35 bits per heavy atom. The van der Waals surface area contributed by atoms with Crippen molar-refractivity contribution in [3.63, 3.8) is 0 Å². The molecule has 3 aliphatic rings. The van der Waals surface area contributed by atoms with Gasteiger partial charge in [0.15, 0.2) is 5.69 Å². The molecular formula is C25H30ClN5O3. The molecule has 1 aromatic carbocycles. The summed E-state index contributed by atoms with van der Waals surface area (Å²) in [7, 11) is 1.85. The van der Waals surface area contributed by atoms with Crippen LogP contribution in [0.25, 0.3) is 0 Å². The van der Waals surface area contributed by atoms with E-state index in [4.69, 9.17) is 11.6 Å². The van der Waals surface area contributed by atoms with Gasteiger partial charge < -0.3 is 14.7 Å². The molecule has 1 unspecified atom stereocenters. The van der Waals surface area contributed by atoms with Gasteiger partial charge >= 0.3 is 0 Å². The average molecular weight is 484 g/mol. The van der Waals surface area contributed by atoms with E-state index in [1.54, 1.807) is 38.7 Å². The zero-order valence-corrected chi connectivity index (χ0v) is 20.3. The highest BCUT2D eigenvalue weighted by Gasteiger charge is 2.36. The summed E-state index contributed by atoms with van der Waals surface area (Å²) < 4.78 is 1.77. The molecule has 0 radical (unpaired) electrons. The Morgan fingerprint density at radius 2 is 1.62 bits per heavy atom. The van der Waals surface area contributed by atoms with Crippen LogP contribution in [-0.2, 0) is 24.8 Å². The Morgan fingerprint density at radius 1 is 0.912 bits per heavy atom. The summed E-state index contributed by atoms with van der Waals surface area (Å²) in [6.45, 7) is 3.63. The van der Waals surface area contributed by atoms with Crippen molar-refractivity contribution >= 4 is 29.3 Å². The number of nitrogens with zero attached hydrogens (tertiary/aromatic N) is 5. The lowest BCUT2D eigenvalue weighted by Crippen LogP contribution is -2.46.